The number of hydrazone groups is 1. The Balaban J connectivity index is 2.85. The Morgan fingerprint density at radius 2 is 2.05 bits per heavy atom. The topological polar surface area (TPSA) is 90.4 Å². The van der Waals surface area contributed by atoms with Crippen molar-refractivity contribution >= 4 is 11.4 Å². The lowest BCUT2D eigenvalue weighted by Gasteiger charge is -2.11. The van der Waals surface area contributed by atoms with E-state index in [2.05, 4.69) is 10.5 Å². The molecule has 0 atom stereocenters. The van der Waals surface area contributed by atoms with Crippen molar-refractivity contribution in [1.29, 1.82) is 10.5 Å². The third-order valence-electron chi connectivity index (χ3n) is 2.04. The molecule has 0 saturated carbocycles. The van der Waals surface area contributed by atoms with Gasteiger partial charge in [0.05, 0.1) is 12.8 Å². The molecule has 6 nitrogen and oxygen atoms in total. The van der Waals surface area contributed by atoms with Crippen molar-refractivity contribution in [3.63, 3.8) is 0 Å². The summed E-state index contributed by atoms with van der Waals surface area (Å²) in [5.74, 6) is 0.379. The maximum Gasteiger partial charge on any atom is 0.272 e. The van der Waals surface area contributed by atoms with E-state index in [1.165, 1.54) is 25.3 Å². The Morgan fingerprint density at radius 1 is 1.35 bits per heavy atom. The third-order valence-corrected chi connectivity index (χ3v) is 2.04. The van der Waals surface area contributed by atoms with Crippen molar-refractivity contribution in [2.45, 2.75) is 6.43 Å². The molecule has 0 fully saturated rings. The van der Waals surface area contributed by atoms with E-state index in [4.69, 9.17) is 20.0 Å². The zero-order valence-corrected chi connectivity index (χ0v) is 10.4. The van der Waals surface area contributed by atoms with Crippen LogP contribution in [0.15, 0.2) is 23.3 Å². The first-order valence-corrected chi connectivity index (χ1v) is 5.33. The van der Waals surface area contributed by atoms with Gasteiger partial charge in [0, 0.05) is 6.07 Å². The van der Waals surface area contributed by atoms with Crippen LogP contribution in [0.25, 0.3) is 0 Å². The fourth-order valence-corrected chi connectivity index (χ4v) is 1.20. The van der Waals surface area contributed by atoms with Crippen LogP contribution in [0.5, 0.6) is 11.5 Å². The molecule has 1 aromatic carbocycles. The molecule has 1 aromatic rings. The predicted molar refractivity (Wildman–Crippen MR) is 66.8 cm³/mol. The lowest BCUT2D eigenvalue weighted by molar-refractivity contribution is 0.0804. The van der Waals surface area contributed by atoms with E-state index < -0.39 is 13.0 Å². The number of alkyl halides is 2. The van der Waals surface area contributed by atoms with Crippen molar-refractivity contribution in [3.8, 4) is 23.6 Å². The Hall–Kier alpha value is -2.87. The Morgan fingerprint density at radius 3 is 2.60 bits per heavy atom. The molecule has 104 valence electrons. The summed E-state index contributed by atoms with van der Waals surface area (Å²) in [5.41, 5.74) is 2.54. The number of rotatable bonds is 6. The van der Waals surface area contributed by atoms with Gasteiger partial charge in [-0.3, -0.25) is 5.43 Å². The summed E-state index contributed by atoms with van der Waals surface area (Å²) in [6.07, 6.45) is -2.59. The van der Waals surface area contributed by atoms with Crippen LogP contribution in [0.3, 0.4) is 0 Å². The minimum Gasteiger partial charge on any atom is -0.493 e. The second kappa shape index (κ2) is 7.54. The number of nitrogens with zero attached hydrogens (tertiary/aromatic N) is 3. The third kappa shape index (κ3) is 4.42. The van der Waals surface area contributed by atoms with Crippen LogP contribution >= 0.6 is 0 Å². The van der Waals surface area contributed by atoms with Crippen LogP contribution in [0.1, 0.15) is 0 Å². The number of methoxy groups -OCH3 is 1. The summed E-state index contributed by atoms with van der Waals surface area (Å²) >= 11 is 0. The summed E-state index contributed by atoms with van der Waals surface area (Å²) < 4.78 is 34.0. The number of ether oxygens (including phenoxy) is 2. The molecule has 0 spiro atoms. The molecule has 0 unspecified atom stereocenters. The van der Waals surface area contributed by atoms with Crippen LogP contribution in [0.4, 0.5) is 14.5 Å². The SMILES string of the molecule is COc1cc(NN=C(C#N)C#N)ccc1OCC(F)F. The van der Waals surface area contributed by atoms with Gasteiger partial charge in [-0.25, -0.2) is 8.78 Å². The average Bonchev–Trinajstić information content (AvgIpc) is 2.46. The second-order valence-corrected chi connectivity index (χ2v) is 3.36. The van der Waals surface area contributed by atoms with Crippen molar-refractivity contribution < 1.29 is 18.3 Å². The fraction of sp³-hybridized carbons (Fsp3) is 0.250. The van der Waals surface area contributed by atoms with Gasteiger partial charge in [0.2, 0.25) is 5.71 Å². The van der Waals surface area contributed by atoms with Crippen LogP contribution in [-0.2, 0) is 0 Å². The zero-order chi connectivity index (χ0) is 15.0. The average molecular weight is 280 g/mol. The summed E-state index contributed by atoms with van der Waals surface area (Å²) in [4.78, 5) is 0. The van der Waals surface area contributed by atoms with Crippen molar-refractivity contribution in [3.05, 3.63) is 18.2 Å². The molecular weight excluding hydrogens is 270 g/mol. The van der Waals surface area contributed by atoms with E-state index in [9.17, 15) is 8.78 Å². The van der Waals surface area contributed by atoms with Crippen molar-refractivity contribution in [2.24, 2.45) is 5.10 Å². The molecule has 0 heterocycles. The molecule has 1 N–H and O–H groups in total. The number of halogens is 2. The van der Waals surface area contributed by atoms with Crippen LogP contribution in [0.2, 0.25) is 0 Å². The molecule has 1 rings (SSSR count). The first kappa shape index (κ1) is 15.2. The molecule has 0 aliphatic heterocycles. The van der Waals surface area contributed by atoms with Gasteiger partial charge in [-0.05, 0) is 12.1 Å². The molecule has 0 saturated heterocycles. The Kier molecular flexibility index (Phi) is 5.73. The van der Waals surface area contributed by atoms with Crippen molar-refractivity contribution in [2.75, 3.05) is 19.1 Å². The highest BCUT2D eigenvalue weighted by atomic mass is 19.3. The van der Waals surface area contributed by atoms with Crippen LogP contribution < -0.4 is 14.9 Å². The Labute approximate surface area is 113 Å². The highest BCUT2D eigenvalue weighted by Gasteiger charge is 2.09. The van der Waals surface area contributed by atoms with Gasteiger partial charge < -0.3 is 9.47 Å². The maximum absolute atomic E-state index is 12.1. The second-order valence-electron chi connectivity index (χ2n) is 3.36. The van der Waals surface area contributed by atoms with Crippen molar-refractivity contribution in [1.82, 2.24) is 0 Å². The molecule has 0 aliphatic carbocycles. The quantitative estimate of drug-likeness (QED) is 0.637. The van der Waals surface area contributed by atoms with E-state index >= 15 is 0 Å². The van der Waals surface area contributed by atoms with E-state index in [-0.39, 0.29) is 17.2 Å². The van der Waals surface area contributed by atoms with Gasteiger partial charge in [0.25, 0.3) is 6.43 Å². The zero-order valence-electron chi connectivity index (χ0n) is 10.4. The molecule has 0 aliphatic rings. The lowest BCUT2D eigenvalue weighted by atomic mass is 10.3. The molecule has 20 heavy (non-hydrogen) atoms. The molecule has 0 radical (unpaired) electrons. The fourth-order valence-electron chi connectivity index (χ4n) is 1.20. The first-order valence-electron chi connectivity index (χ1n) is 5.33. The van der Waals surface area contributed by atoms with Crippen LogP contribution in [-0.4, -0.2) is 25.9 Å². The highest BCUT2D eigenvalue weighted by molar-refractivity contribution is 6.10. The van der Waals surface area contributed by atoms with Gasteiger partial charge in [-0.1, -0.05) is 0 Å². The smallest absolute Gasteiger partial charge is 0.272 e. The van der Waals surface area contributed by atoms with Crippen LogP contribution in [0, 0.1) is 22.7 Å². The number of benzene rings is 1. The number of nitrogens with one attached hydrogen (secondary N) is 1. The van der Waals surface area contributed by atoms with Gasteiger partial charge in [0.15, 0.2) is 11.5 Å². The minimum absolute atomic E-state index is 0.156. The number of hydrogen-bond donors (Lipinski definition) is 1. The summed E-state index contributed by atoms with van der Waals surface area (Å²) in [6.45, 7) is -0.742. The normalized spacial score (nSPS) is 9.30. The predicted octanol–water partition coefficient (Wildman–Crippen LogP) is 2.15. The summed E-state index contributed by atoms with van der Waals surface area (Å²) in [7, 11) is 1.35. The van der Waals surface area contributed by atoms with Gasteiger partial charge >= 0.3 is 0 Å². The monoisotopic (exact) mass is 280 g/mol. The minimum atomic E-state index is -2.59. The maximum atomic E-state index is 12.1. The molecular formula is C12H10F2N4O2. The Bertz CT molecular complexity index is 560. The molecule has 0 amide bonds. The number of nitriles is 2. The number of anilines is 1. The number of hydrogen-bond acceptors (Lipinski definition) is 6. The van der Waals surface area contributed by atoms with E-state index in [1.54, 1.807) is 12.1 Å². The largest absolute Gasteiger partial charge is 0.493 e. The summed E-state index contributed by atoms with van der Waals surface area (Å²) in [6, 6.07) is 7.50. The van der Waals surface area contributed by atoms with Gasteiger partial charge in [0.1, 0.15) is 18.7 Å². The summed E-state index contributed by atoms with van der Waals surface area (Å²) in [5, 5.41) is 20.6. The van der Waals surface area contributed by atoms with Gasteiger partial charge in [-0.15, -0.1) is 0 Å². The molecule has 0 aromatic heterocycles. The molecule has 8 heteroatoms. The van der Waals surface area contributed by atoms with E-state index in [1.807, 2.05) is 0 Å². The molecule has 0 bridgehead atoms. The lowest BCUT2D eigenvalue weighted by Crippen LogP contribution is -2.08. The first-order chi connectivity index (χ1) is 9.60. The van der Waals surface area contributed by atoms with E-state index in [0.717, 1.165) is 0 Å². The standard InChI is InChI=1S/C12H10F2N4O2/c1-19-11-4-8(17-18-9(5-15)6-16)2-3-10(11)20-7-12(13)14/h2-4,12,17H,7H2,1H3. The van der Waals surface area contributed by atoms with E-state index in [0.29, 0.717) is 5.69 Å². The van der Waals surface area contributed by atoms with Gasteiger partial charge in [-0.2, -0.15) is 15.6 Å². The highest BCUT2D eigenvalue weighted by Crippen LogP contribution is 2.30.